The highest BCUT2D eigenvalue weighted by atomic mass is 35.5. The number of aldehydes is 1. The van der Waals surface area contributed by atoms with Gasteiger partial charge in [-0.15, -0.1) is 0 Å². The Bertz CT molecular complexity index is 1440. The Morgan fingerprint density at radius 2 is 1.79 bits per heavy atom. The Labute approximate surface area is 254 Å². The number of nitrogens with one attached hydrogen (secondary N) is 4. The number of hydrogen-bond donors (Lipinski definition) is 4. The summed E-state index contributed by atoms with van der Waals surface area (Å²) in [6, 6.07) is 8.76. The molecule has 0 unspecified atom stereocenters. The monoisotopic (exact) mass is 613 g/mol. The van der Waals surface area contributed by atoms with Crippen molar-refractivity contribution in [2.45, 2.75) is 18.8 Å². The molecule has 3 aromatic rings. The van der Waals surface area contributed by atoms with E-state index in [0.717, 1.165) is 43.6 Å². The van der Waals surface area contributed by atoms with Crippen molar-refractivity contribution in [3.05, 3.63) is 64.4 Å². The first kappa shape index (κ1) is 30.9. The standard InChI is InChI=1S/C29H33Cl2N7O4/c1-17(15-39)14-33-21-11-19(18-7-9-32-10-8-18)5-6-20(21)36-24-13-25(35-16-34-24)38(2)29(40)37-28-26(30)22(41-3)12-23(42-4)27(28)31/h5-6,11-13,15-16,18,32-33H,1,7-10,14H2,2-4H3,(H,37,40)(H,34,35,36). The number of carbonyl (C=O) groups excluding carboxylic acids is 2. The number of aromatic nitrogens is 2. The molecule has 0 bridgehead atoms. The second kappa shape index (κ2) is 14.2. The summed E-state index contributed by atoms with van der Waals surface area (Å²) < 4.78 is 10.6. The molecular formula is C29H33Cl2N7O4. The Balaban J connectivity index is 1.56. The van der Waals surface area contributed by atoms with Gasteiger partial charge in [0.25, 0.3) is 0 Å². The maximum absolute atomic E-state index is 13.2. The molecule has 11 nitrogen and oxygen atoms in total. The molecule has 4 N–H and O–H groups in total. The smallest absolute Gasteiger partial charge is 0.327 e. The van der Waals surface area contributed by atoms with Gasteiger partial charge in [0.15, 0.2) is 0 Å². The molecule has 0 aliphatic carbocycles. The minimum absolute atomic E-state index is 0.125. The van der Waals surface area contributed by atoms with Crippen molar-refractivity contribution in [1.82, 2.24) is 15.3 Å². The fourth-order valence-electron chi connectivity index (χ4n) is 4.50. The van der Waals surface area contributed by atoms with E-state index in [1.54, 1.807) is 13.1 Å². The van der Waals surface area contributed by atoms with Crippen LogP contribution in [-0.2, 0) is 4.79 Å². The highest BCUT2D eigenvalue weighted by molar-refractivity contribution is 6.41. The summed E-state index contributed by atoms with van der Waals surface area (Å²) in [6.45, 7) is 6.02. The summed E-state index contributed by atoms with van der Waals surface area (Å²) in [5.74, 6) is 1.78. The van der Waals surface area contributed by atoms with Crippen molar-refractivity contribution in [3.8, 4) is 11.5 Å². The van der Waals surface area contributed by atoms with Crippen molar-refractivity contribution in [2.75, 3.05) is 61.8 Å². The first-order valence-corrected chi connectivity index (χ1v) is 14.0. The maximum atomic E-state index is 13.2. The molecule has 1 aliphatic heterocycles. The van der Waals surface area contributed by atoms with Gasteiger partial charge >= 0.3 is 6.03 Å². The van der Waals surface area contributed by atoms with E-state index in [2.05, 4.69) is 49.9 Å². The van der Waals surface area contributed by atoms with E-state index < -0.39 is 6.03 Å². The molecule has 222 valence electrons. The quantitative estimate of drug-likeness (QED) is 0.155. The Morgan fingerprint density at radius 3 is 2.43 bits per heavy atom. The van der Waals surface area contributed by atoms with Crippen LogP contribution in [0.4, 0.5) is 33.5 Å². The molecule has 1 saturated heterocycles. The molecule has 2 amide bonds. The predicted octanol–water partition coefficient (Wildman–Crippen LogP) is 5.85. The van der Waals surface area contributed by atoms with Crippen LogP contribution in [0.3, 0.4) is 0 Å². The molecule has 2 aromatic carbocycles. The number of rotatable bonds is 11. The fraction of sp³-hybridized carbons (Fsp3) is 0.310. The molecule has 0 saturated carbocycles. The van der Waals surface area contributed by atoms with E-state index in [-0.39, 0.29) is 27.2 Å². The summed E-state index contributed by atoms with van der Waals surface area (Å²) in [5, 5.41) is 13.0. The summed E-state index contributed by atoms with van der Waals surface area (Å²) in [5.41, 5.74) is 3.33. The van der Waals surface area contributed by atoms with Crippen LogP contribution in [0.2, 0.25) is 10.0 Å². The first-order valence-electron chi connectivity index (χ1n) is 13.2. The lowest BCUT2D eigenvalue weighted by Gasteiger charge is -2.24. The number of hydrogen-bond acceptors (Lipinski definition) is 9. The van der Waals surface area contributed by atoms with Crippen LogP contribution in [0.25, 0.3) is 0 Å². The van der Waals surface area contributed by atoms with Crippen molar-refractivity contribution in [2.24, 2.45) is 0 Å². The number of anilines is 5. The fourth-order valence-corrected chi connectivity index (χ4v) is 5.10. The van der Waals surface area contributed by atoms with E-state index in [9.17, 15) is 9.59 Å². The lowest BCUT2D eigenvalue weighted by molar-refractivity contribution is -0.104. The van der Waals surface area contributed by atoms with E-state index in [1.807, 2.05) is 6.07 Å². The highest BCUT2D eigenvalue weighted by Gasteiger charge is 2.22. The molecule has 42 heavy (non-hydrogen) atoms. The van der Waals surface area contributed by atoms with E-state index in [0.29, 0.717) is 29.7 Å². The van der Waals surface area contributed by atoms with Gasteiger partial charge in [-0.25, -0.2) is 14.8 Å². The Hall–Kier alpha value is -4.06. The molecule has 1 aliphatic rings. The van der Waals surface area contributed by atoms with Crippen LogP contribution in [0.15, 0.2) is 48.8 Å². The minimum atomic E-state index is -0.556. The van der Waals surface area contributed by atoms with Crippen LogP contribution in [0, 0.1) is 0 Å². The summed E-state index contributed by atoms with van der Waals surface area (Å²) in [7, 11) is 4.44. The van der Waals surface area contributed by atoms with E-state index in [4.69, 9.17) is 32.7 Å². The van der Waals surface area contributed by atoms with Crippen molar-refractivity contribution >= 4 is 64.2 Å². The van der Waals surface area contributed by atoms with Crippen molar-refractivity contribution in [3.63, 3.8) is 0 Å². The zero-order valence-corrected chi connectivity index (χ0v) is 25.1. The molecule has 0 atom stereocenters. The van der Waals surface area contributed by atoms with Crippen LogP contribution in [0.1, 0.15) is 24.3 Å². The second-order valence-electron chi connectivity index (χ2n) is 9.62. The molecule has 0 spiro atoms. The normalized spacial score (nSPS) is 13.2. The highest BCUT2D eigenvalue weighted by Crippen LogP contribution is 2.44. The Kier molecular flexibility index (Phi) is 10.5. The molecule has 13 heteroatoms. The molecule has 2 heterocycles. The second-order valence-corrected chi connectivity index (χ2v) is 10.4. The van der Waals surface area contributed by atoms with E-state index in [1.165, 1.54) is 37.1 Å². The van der Waals surface area contributed by atoms with Gasteiger partial charge in [0.1, 0.15) is 45.8 Å². The summed E-state index contributed by atoms with van der Waals surface area (Å²) in [4.78, 5) is 34.2. The number of ether oxygens (including phenoxy) is 2. The number of urea groups is 1. The third kappa shape index (κ3) is 7.22. The molecule has 1 aromatic heterocycles. The number of halogens is 2. The zero-order chi connectivity index (χ0) is 30.2. The Morgan fingerprint density at radius 1 is 1.10 bits per heavy atom. The van der Waals surface area contributed by atoms with Crippen LogP contribution in [0.5, 0.6) is 11.5 Å². The van der Waals surface area contributed by atoms with Crippen molar-refractivity contribution in [1.29, 1.82) is 0 Å². The third-order valence-corrected chi connectivity index (χ3v) is 7.65. The van der Waals surface area contributed by atoms with E-state index >= 15 is 0 Å². The predicted molar refractivity (Wildman–Crippen MR) is 167 cm³/mol. The molecule has 0 radical (unpaired) electrons. The number of nitrogens with zero attached hydrogens (tertiary/aromatic N) is 3. The van der Waals surface area contributed by atoms with Gasteiger partial charge in [-0.05, 0) is 49.5 Å². The number of carbonyl (C=O) groups is 2. The molecular weight excluding hydrogens is 581 g/mol. The number of amides is 2. The zero-order valence-electron chi connectivity index (χ0n) is 23.6. The average molecular weight is 615 g/mol. The largest absolute Gasteiger partial charge is 0.495 e. The summed E-state index contributed by atoms with van der Waals surface area (Å²) >= 11 is 12.8. The van der Waals surface area contributed by atoms with Gasteiger partial charge in [0, 0.05) is 31.3 Å². The number of benzene rings is 2. The first-order chi connectivity index (χ1) is 20.2. The van der Waals surface area contributed by atoms with Crippen LogP contribution >= 0.6 is 23.2 Å². The topological polar surface area (TPSA) is 130 Å². The maximum Gasteiger partial charge on any atom is 0.327 e. The molecule has 1 fully saturated rings. The molecule has 4 rings (SSSR count). The lowest BCUT2D eigenvalue weighted by Crippen LogP contribution is -2.32. The van der Waals surface area contributed by atoms with Gasteiger partial charge in [0.2, 0.25) is 0 Å². The van der Waals surface area contributed by atoms with Gasteiger partial charge < -0.3 is 30.7 Å². The summed E-state index contributed by atoms with van der Waals surface area (Å²) in [6.07, 6.45) is 4.18. The van der Waals surface area contributed by atoms with Gasteiger partial charge in [-0.1, -0.05) is 35.8 Å². The van der Waals surface area contributed by atoms with Crippen molar-refractivity contribution < 1.29 is 19.1 Å². The SMILES string of the molecule is C=C(C=O)CNc1cc(C2CCNCC2)ccc1Nc1cc(N(C)C(=O)Nc2c(Cl)c(OC)cc(OC)c2Cl)ncn1. The van der Waals surface area contributed by atoms with Gasteiger partial charge in [0.05, 0.1) is 31.3 Å². The number of methoxy groups -OCH3 is 2. The van der Waals surface area contributed by atoms with Gasteiger partial charge in [-0.2, -0.15) is 0 Å². The van der Waals surface area contributed by atoms with Gasteiger partial charge in [-0.3, -0.25) is 9.69 Å². The van der Waals surface area contributed by atoms with Crippen LogP contribution in [-0.4, -0.2) is 63.2 Å². The number of piperidine rings is 1. The van der Waals surface area contributed by atoms with Crippen LogP contribution < -0.4 is 35.6 Å². The third-order valence-electron chi connectivity index (χ3n) is 6.90. The average Bonchev–Trinajstić information content (AvgIpc) is 3.02. The lowest BCUT2D eigenvalue weighted by atomic mass is 9.90. The minimum Gasteiger partial charge on any atom is -0.495 e.